The van der Waals surface area contributed by atoms with E-state index in [1.165, 1.54) is 10.9 Å². The highest BCUT2D eigenvalue weighted by molar-refractivity contribution is 6.08. The van der Waals surface area contributed by atoms with Crippen LogP contribution in [0.3, 0.4) is 0 Å². The highest BCUT2D eigenvalue weighted by atomic mass is 16.3. The fraction of sp³-hybridized carbons (Fsp3) is 0.0800. The summed E-state index contributed by atoms with van der Waals surface area (Å²) >= 11 is 0. The van der Waals surface area contributed by atoms with E-state index in [1.807, 2.05) is 48.5 Å². The first-order valence-electron chi connectivity index (χ1n) is 10.8. The lowest BCUT2D eigenvalue weighted by Crippen LogP contribution is -2.42. The number of nitrogens with one attached hydrogen (secondary N) is 2. The van der Waals surface area contributed by atoms with E-state index in [0.717, 1.165) is 5.56 Å². The van der Waals surface area contributed by atoms with Gasteiger partial charge < -0.3 is 5.11 Å². The molecule has 0 radical (unpaired) electrons. The Bertz CT molecular complexity index is 1560. The Balaban J connectivity index is 1.42. The molecule has 5 aromatic rings. The second-order valence-electron chi connectivity index (χ2n) is 7.88. The largest absolute Gasteiger partial charge is 0.504 e. The molecule has 0 aliphatic rings. The molecule has 0 atom stereocenters. The van der Waals surface area contributed by atoms with Gasteiger partial charge in [-0.05, 0) is 25.1 Å². The van der Waals surface area contributed by atoms with Crippen molar-refractivity contribution in [3.05, 3.63) is 89.9 Å². The van der Waals surface area contributed by atoms with Gasteiger partial charge in [0.25, 0.3) is 11.8 Å². The first kappa shape index (κ1) is 21.8. The van der Waals surface area contributed by atoms with Crippen LogP contribution in [0.25, 0.3) is 28.0 Å². The van der Waals surface area contributed by atoms with E-state index < -0.39 is 11.8 Å². The van der Waals surface area contributed by atoms with E-state index in [0.29, 0.717) is 33.7 Å². The number of amides is 2. The number of aryl methyl sites for hydroxylation is 2. The number of aromatic hydroxyl groups is 1. The summed E-state index contributed by atoms with van der Waals surface area (Å²) in [5, 5.41) is 19.3. The van der Waals surface area contributed by atoms with Crippen molar-refractivity contribution in [1.29, 1.82) is 0 Å². The number of pyridine rings is 1. The summed E-state index contributed by atoms with van der Waals surface area (Å²) in [7, 11) is 1.76. The molecule has 10 nitrogen and oxygen atoms in total. The zero-order chi connectivity index (χ0) is 24.5. The second-order valence-corrected chi connectivity index (χ2v) is 7.88. The van der Waals surface area contributed by atoms with E-state index in [2.05, 4.69) is 26.0 Å². The van der Waals surface area contributed by atoms with Gasteiger partial charge in [-0.2, -0.15) is 10.2 Å². The molecule has 174 valence electrons. The van der Waals surface area contributed by atoms with E-state index >= 15 is 0 Å². The number of hydrazine groups is 1. The highest BCUT2D eigenvalue weighted by Crippen LogP contribution is 2.26. The number of hydrogen-bond donors (Lipinski definition) is 3. The summed E-state index contributed by atoms with van der Waals surface area (Å²) < 4.78 is 2.99. The van der Waals surface area contributed by atoms with Gasteiger partial charge in [-0.15, -0.1) is 0 Å². The van der Waals surface area contributed by atoms with Gasteiger partial charge in [0.1, 0.15) is 0 Å². The van der Waals surface area contributed by atoms with Crippen LogP contribution in [0.5, 0.6) is 5.75 Å². The van der Waals surface area contributed by atoms with Crippen LogP contribution in [0.2, 0.25) is 0 Å². The van der Waals surface area contributed by atoms with Gasteiger partial charge in [0, 0.05) is 12.6 Å². The van der Waals surface area contributed by atoms with Gasteiger partial charge in [-0.3, -0.25) is 25.1 Å². The Morgan fingerprint density at radius 2 is 1.57 bits per heavy atom. The lowest BCUT2D eigenvalue weighted by Gasteiger charge is -2.10. The first-order valence-corrected chi connectivity index (χ1v) is 10.8. The number of nitrogens with zero attached hydrogens (tertiary/aromatic N) is 5. The topological polar surface area (TPSA) is 127 Å². The van der Waals surface area contributed by atoms with Crippen LogP contribution in [0, 0.1) is 6.92 Å². The first-order chi connectivity index (χ1) is 16.9. The Morgan fingerprint density at radius 1 is 0.914 bits per heavy atom. The molecule has 2 amide bonds. The van der Waals surface area contributed by atoms with E-state index in [-0.39, 0.29) is 11.4 Å². The Kier molecular flexibility index (Phi) is 5.46. The van der Waals surface area contributed by atoms with Crippen molar-refractivity contribution >= 4 is 22.8 Å². The number of hydrogen-bond acceptors (Lipinski definition) is 6. The van der Waals surface area contributed by atoms with E-state index in [9.17, 15) is 14.7 Å². The number of fused-ring (bicyclic) bond motifs is 1. The van der Waals surface area contributed by atoms with Crippen LogP contribution in [0.4, 0.5) is 0 Å². The summed E-state index contributed by atoms with van der Waals surface area (Å²) in [4.78, 5) is 30.5. The average Bonchev–Trinajstić information content (AvgIpc) is 3.41. The Hall–Kier alpha value is -4.99. The molecule has 3 N–H and O–H groups in total. The molecule has 10 heteroatoms. The molecular weight excluding hydrogens is 446 g/mol. The smallest absolute Gasteiger partial charge is 0.294 e. The molecule has 5 rings (SSSR count). The van der Waals surface area contributed by atoms with Gasteiger partial charge in [0.15, 0.2) is 17.1 Å². The van der Waals surface area contributed by atoms with Gasteiger partial charge in [0.2, 0.25) is 0 Å². The highest BCUT2D eigenvalue weighted by Gasteiger charge is 2.22. The molecule has 35 heavy (non-hydrogen) atoms. The van der Waals surface area contributed by atoms with Crippen LogP contribution in [0.1, 0.15) is 26.5 Å². The van der Waals surface area contributed by atoms with Crippen molar-refractivity contribution in [3.63, 3.8) is 0 Å². The molecule has 0 bridgehead atoms. The maximum atomic E-state index is 13.2. The predicted molar refractivity (Wildman–Crippen MR) is 129 cm³/mol. The molecule has 0 aliphatic heterocycles. The third-order valence-corrected chi connectivity index (χ3v) is 5.50. The minimum absolute atomic E-state index is 0.225. The molecule has 0 fully saturated rings. The lowest BCUT2D eigenvalue weighted by molar-refractivity contribution is 0.0843. The zero-order valence-electron chi connectivity index (χ0n) is 18.9. The number of para-hydroxylation sites is 1. The van der Waals surface area contributed by atoms with Crippen molar-refractivity contribution in [2.24, 2.45) is 7.05 Å². The van der Waals surface area contributed by atoms with Gasteiger partial charge in [-0.1, -0.05) is 48.5 Å². The Labute approximate surface area is 199 Å². The van der Waals surface area contributed by atoms with Crippen molar-refractivity contribution in [3.8, 4) is 22.7 Å². The van der Waals surface area contributed by atoms with Crippen molar-refractivity contribution in [2.45, 2.75) is 6.92 Å². The molecule has 0 unspecified atom stereocenters. The molecule has 0 aliphatic carbocycles. The minimum atomic E-state index is -0.762. The van der Waals surface area contributed by atoms with Crippen LogP contribution in [0.15, 0.2) is 72.9 Å². The number of aromatic nitrogens is 5. The normalized spacial score (nSPS) is 10.9. The monoisotopic (exact) mass is 467 g/mol. The number of rotatable bonds is 4. The third-order valence-electron chi connectivity index (χ3n) is 5.50. The summed E-state index contributed by atoms with van der Waals surface area (Å²) in [5.41, 5.74) is 8.10. The summed E-state index contributed by atoms with van der Waals surface area (Å²) in [6.07, 6.45) is 1.32. The van der Waals surface area contributed by atoms with Crippen molar-refractivity contribution in [1.82, 2.24) is 35.4 Å². The van der Waals surface area contributed by atoms with Crippen molar-refractivity contribution < 1.29 is 14.7 Å². The maximum Gasteiger partial charge on any atom is 0.294 e. The van der Waals surface area contributed by atoms with Crippen LogP contribution < -0.4 is 10.9 Å². The number of benzene rings is 2. The van der Waals surface area contributed by atoms with Gasteiger partial charge in [0.05, 0.1) is 34.2 Å². The Morgan fingerprint density at radius 3 is 2.29 bits per heavy atom. The van der Waals surface area contributed by atoms with Crippen molar-refractivity contribution in [2.75, 3.05) is 0 Å². The van der Waals surface area contributed by atoms with Crippen LogP contribution in [-0.2, 0) is 7.05 Å². The molecule has 0 spiro atoms. The second kappa shape index (κ2) is 8.75. The van der Waals surface area contributed by atoms with Gasteiger partial charge in [-0.25, -0.2) is 9.67 Å². The summed E-state index contributed by atoms with van der Waals surface area (Å²) in [6, 6.07) is 20.2. The maximum absolute atomic E-state index is 13.2. The quantitative estimate of drug-likeness (QED) is 0.349. The molecule has 0 saturated carbocycles. The van der Waals surface area contributed by atoms with Crippen LogP contribution >= 0.6 is 0 Å². The average molecular weight is 467 g/mol. The number of carbonyl (C=O) groups excluding carboxylic acids is 2. The summed E-state index contributed by atoms with van der Waals surface area (Å²) in [6.45, 7) is 1.79. The number of carbonyl (C=O) groups is 2. The minimum Gasteiger partial charge on any atom is -0.504 e. The van der Waals surface area contributed by atoms with E-state index in [4.69, 9.17) is 0 Å². The SMILES string of the molecule is Cc1nn(C)c2nc(-c3ccccc3)cc(C(=O)NNC(=O)c3nn(-c4ccccc4)cc3O)c12. The lowest BCUT2D eigenvalue weighted by atomic mass is 10.1. The molecule has 0 saturated heterocycles. The third kappa shape index (κ3) is 4.08. The fourth-order valence-corrected chi connectivity index (χ4v) is 3.86. The molecule has 2 aromatic carbocycles. The standard InChI is InChI=1S/C25H21N7O3/c1-15-21-18(13-19(16-9-5-3-6-10-16)26-23(21)31(2)29-15)24(34)27-28-25(35)22-20(33)14-32(30-22)17-11-7-4-8-12-17/h3-14,33H,1-2H3,(H,27,34)(H,28,35). The zero-order valence-corrected chi connectivity index (χ0v) is 18.9. The fourth-order valence-electron chi connectivity index (χ4n) is 3.86. The van der Waals surface area contributed by atoms with Gasteiger partial charge >= 0.3 is 0 Å². The molecule has 3 heterocycles. The summed E-state index contributed by atoms with van der Waals surface area (Å²) in [5.74, 6) is -1.63. The molecular formula is C25H21N7O3. The predicted octanol–water partition coefficient (Wildman–Crippen LogP) is 2.91. The van der Waals surface area contributed by atoms with E-state index in [1.54, 1.807) is 36.9 Å². The van der Waals surface area contributed by atoms with Crippen LogP contribution in [-0.4, -0.2) is 41.5 Å². The molecule has 3 aromatic heterocycles.